The highest BCUT2D eigenvalue weighted by molar-refractivity contribution is 6.02. The summed E-state index contributed by atoms with van der Waals surface area (Å²) < 4.78 is 11.0. The first kappa shape index (κ1) is 29.2. The zero-order valence-electron chi connectivity index (χ0n) is 24.2. The molecule has 0 saturated carbocycles. The summed E-state index contributed by atoms with van der Waals surface area (Å²) >= 11 is 0. The quantitative estimate of drug-likeness (QED) is 0.343. The Balaban J connectivity index is 1.27. The summed E-state index contributed by atoms with van der Waals surface area (Å²) in [6.45, 7) is 7.97. The first-order valence-corrected chi connectivity index (χ1v) is 14.5. The Labute approximate surface area is 247 Å². The Bertz CT molecular complexity index is 1320. The van der Waals surface area contributed by atoms with Gasteiger partial charge in [0.15, 0.2) is 0 Å². The zero-order chi connectivity index (χ0) is 29.1. The fourth-order valence-corrected chi connectivity index (χ4v) is 5.35. The number of nitrogens with zero attached hydrogens (tertiary/aromatic N) is 3. The Morgan fingerprint density at radius 1 is 0.810 bits per heavy atom. The zero-order valence-corrected chi connectivity index (χ0v) is 24.2. The van der Waals surface area contributed by atoms with Gasteiger partial charge < -0.3 is 35.2 Å². The lowest BCUT2D eigenvalue weighted by atomic mass is 10.1. The summed E-state index contributed by atoms with van der Waals surface area (Å²) in [4.78, 5) is 33.0. The Morgan fingerprint density at radius 3 is 2.24 bits per heavy atom. The largest absolute Gasteiger partial charge is 0.495 e. The van der Waals surface area contributed by atoms with Gasteiger partial charge in [-0.25, -0.2) is 4.79 Å². The molecule has 42 heavy (non-hydrogen) atoms. The van der Waals surface area contributed by atoms with Crippen molar-refractivity contribution in [2.24, 2.45) is 0 Å². The van der Waals surface area contributed by atoms with Crippen LogP contribution in [0, 0.1) is 0 Å². The van der Waals surface area contributed by atoms with Crippen LogP contribution < -0.4 is 30.5 Å². The highest BCUT2D eigenvalue weighted by Gasteiger charge is 2.24. The van der Waals surface area contributed by atoms with Crippen LogP contribution in [0.1, 0.15) is 15.9 Å². The van der Waals surface area contributed by atoms with E-state index in [1.54, 1.807) is 13.2 Å². The van der Waals surface area contributed by atoms with Crippen LogP contribution in [0.5, 0.6) is 5.75 Å². The Morgan fingerprint density at radius 2 is 1.50 bits per heavy atom. The molecular formula is C32H40N6O4. The number of para-hydroxylation sites is 2. The molecule has 0 aromatic heterocycles. The van der Waals surface area contributed by atoms with Gasteiger partial charge in [0.2, 0.25) is 0 Å². The highest BCUT2D eigenvalue weighted by atomic mass is 16.5. The van der Waals surface area contributed by atoms with Crippen molar-refractivity contribution in [1.82, 2.24) is 15.5 Å². The molecular weight excluding hydrogens is 532 g/mol. The molecule has 3 N–H and O–H groups in total. The molecule has 2 aliphatic rings. The van der Waals surface area contributed by atoms with Gasteiger partial charge in [-0.15, -0.1) is 0 Å². The van der Waals surface area contributed by atoms with Crippen molar-refractivity contribution in [1.29, 1.82) is 0 Å². The molecule has 5 rings (SSSR count). The van der Waals surface area contributed by atoms with Crippen LogP contribution >= 0.6 is 0 Å². The van der Waals surface area contributed by atoms with Gasteiger partial charge in [0.1, 0.15) is 5.75 Å². The van der Waals surface area contributed by atoms with E-state index >= 15 is 0 Å². The topological polar surface area (TPSA) is 98.4 Å². The van der Waals surface area contributed by atoms with Crippen LogP contribution in [0.25, 0.3) is 0 Å². The van der Waals surface area contributed by atoms with E-state index in [0.717, 1.165) is 81.7 Å². The molecule has 3 amide bonds. The first-order chi connectivity index (χ1) is 20.6. The second kappa shape index (κ2) is 14.6. The number of carbonyl (C=O) groups is 2. The number of carbonyl (C=O) groups excluding carboxylic acids is 2. The van der Waals surface area contributed by atoms with Gasteiger partial charge in [-0.1, -0.05) is 42.5 Å². The number of ether oxygens (including phenoxy) is 2. The van der Waals surface area contributed by atoms with Crippen LogP contribution in [-0.2, 0) is 11.3 Å². The van der Waals surface area contributed by atoms with E-state index in [2.05, 4.69) is 36.7 Å². The minimum atomic E-state index is -0.323. The monoisotopic (exact) mass is 572 g/mol. The van der Waals surface area contributed by atoms with Crippen LogP contribution in [0.15, 0.2) is 72.8 Å². The lowest BCUT2D eigenvalue weighted by Gasteiger charge is -2.38. The van der Waals surface area contributed by atoms with Gasteiger partial charge in [-0.3, -0.25) is 9.69 Å². The number of hydrogen-bond donors (Lipinski definition) is 3. The lowest BCUT2D eigenvalue weighted by Crippen LogP contribution is -2.47. The fraction of sp³-hybridized carbons (Fsp3) is 0.375. The van der Waals surface area contributed by atoms with E-state index in [1.807, 2.05) is 60.7 Å². The third-order valence-corrected chi connectivity index (χ3v) is 7.66. The summed E-state index contributed by atoms with van der Waals surface area (Å²) in [5.41, 5.74) is 4.05. The van der Waals surface area contributed by atoms with Crippen molar-refractivity contribution in [2.75, 3.05) is 87.8 Å². The number of piperazine rings is 1. The summed E-state index contributed by atoms with van der Waals surface area (Å²) in [6.07, 6.45) is 0. The smallest absolute Gasteiger partial charge is 0.319 e. The second-order valence-electron chi connectivity index (χ2n) is 10.4. The Hall–Kier alpha value is -4.28. The van der Waals surface area contributed by atoms with Crippen LogP contribution in [-0.4, -0.2) is 89.5 Å². The molecule has 2 heterocycles. The number of urea groups is 1. The molecule has 0 unspecified atom stereocenters. The molecule has 2 aliphatic heterocycles. The first-order valence-electron chi connectivity index (χ1n) is 14.5. The SMILES string of the molecule is COc1ccccc1N1CCN(c2ccc(NC(=O)NCc3ccccc3)cc2C(=O)NCCN2CCOCC2)CC1. The molecule has 0 aliphatic carbocycles. The molecule has 2 fully saturated rings. The van der Waals surface area contributed by atoms with Gasteiger partial charge in [0, 0.05) is 70.3 Å². The van der Waals surface area contributed by atoms with Crippen molar-refractivity contribution < 1.29 is 19.1 Å². The molecule has 10 heteroatoms. The van der Waals surface area contributed by atoms with E-state index in [0.29, 0.717) is 24.3 Å². The number of hydrogen-bond acceptors (Lipinski definition) is 7. The van der Waals surface area contributed by atoms with E-state index in [4.69, 9.17) is 9.47 Å². The van der Waals surface area contributed by atoms with Crippen LogP contribution in [0.3, 0.4) is 0 Å². The van der Waals surface area contributed by atoms with Gasteiger partial charge in [-0.05, 0) is 35.9 Å². The van der Waals surface area contributed by atoms with Crippen molar-refractivity contribution in [3.63, 3.8) is 0 Å². The summed E-state index contributed by atoms with van der Waals surface area (Å²) in [6, 6.07) is 23.0. The normalized spacial score (nSPS) is 15.6. The van der Waals surface area contributed by atoms with Crippen molar-refractivity contribution >= 4 is 29.0 Å². The number of benzene rings is 3. The minimum Gasteiger partial charge on any atom is -0.495 e. The fourth-order valence-electron chi connectivity index (χ4n) is 5.35. The lowest BCUT2D eigenvalue weighted by molar-refractivity contribution is 0.0383. The van der Waals surface area contributed by atoms with E-state index in [-0.39, 0.29) is 11.9 Å². The third-order valence-electron chi connectivity index (χ3n) is 7.66. The average molecular weight is 573 g/mol. The van der Waals surface area contributed by atoms with E-state index in [9.17, 15) is 9.59 Å². The van der Waals surface area contributed by atoms with Gasteiger partial charge in [-0.2, -0.15) is 0 Å². The van der Waals surface area contributed by atoms with Gasteiger partial charge in [0.05, 0.1) is 31.6 Å². The summed E-state index contributed by atoms with van der Waals surface area (Å²) in [7, 11) is 1.69. The highest BCUT2D eigenvalue weighted by Crippen LogP contribution is 2.31. The van der Waals surface area contributed by atoms with Crippen LogP contribution in [0.2, 0.25) is 0 Å². The summed E-state index contributed by atoms with van der Waals surface area (Å²) in [5.74, 6) is 0.700. The molecule has 10 nitrogen and oxygen atoms in total. The standard InChI is InChI=1S/C32H40N6O4/c1-41-30-10-6-5-9-29(30)38-17-15-37(16-18-38)28-12-11-26(35-32(40)34-24-25-7-3-2-4-8-25)23-27(28)31(39)33-13-14-36-19-21-42-22-20-36/h2-12,23H,13-22,24H2,1H3,(H,33,39)(H2,34,35,40). The molecule has 0 atom stereocenters. The number of rotatable bonds is 10. The maximum atomic E-state index is 13.5. The minimum absolute atomic E-state index is 0.154. The molecule has 0 bridgehead atoms. The molecule has 2 saturated heterocycles. The maximum absolute atomic E-state index is 13.5. The molecule has 3 aromatic carbocycles. The maximum Gasteiger partial charge on any atom is 0.319 e. The van der Waals surface area contributed by atoms with Crippen LogP contribution in [0.4, 0.5) is 21.9 Å². The number of morpholine rings is 1. The van der Waals surface area contributed by atoms with E-state index in [1.165, 1.54) is 0 Å². The second-order valence-corrected chi connectivity index (χ2v) is 10.4. The number of anilines is 3. The molecule has 0 spiro atoms. The molecule has 222 valence electrons. The predicted molar refractivity (Wildman–Crippen MR) is 166 cm³/mol. The summed E-state index contributed by atoms with van der Waals surface area (Å²) in [5, 5.41) is 8.88. The molecule has 3 aromatic rings. The van der Waals surface area contributed by atoms with Gasteiger partial charge >= 0.3 is 6.03 Å². The van der Waals surface area contributed by atoms with Crippen molar-refractivity contribution in [2.45, 2.75) is 6.54 Å². The number of amides is 3. The van der Waals surface area contributed by atoms with Gasteiger partial charge in [0.25, 0.3) is 5.91 Å². The average Bonchev–Trinajstić information content (AvgIpc) is 3.05. The third kappa shape index (κ3) is 7.71. The number of methoxy groups -OCH3 is 1. The molecule has 0 radical (unpaired) electrons. The predicted octanol–water partition coefficient (Wildman–Crippen LogP) is 3.41. The van der Waals surface area contributed by atoms with E-state index < -0.39 is 0 Å². The van der Waals surface area contributed by atoms with Crippen molar-refractivity contribution in [3.8, 4) is 5.75 Å². The van der Waals surface area contributed by atoms with Crippen molar-refractivity contribution in [3.05, 3.63) is 83.9 Å². The number of nitrogens with one attached hydrogen (secondary N) is 3. The Kier molecular flexibility index (Phi) is 10.1.